The smallest absolute Gasteiger partial charge is 0.161 e. The Morgan fingerprint density at radius 3 is 2.48 bits per heavy atom. The second kappa shape index (κ2) is 7.90. The van der Waals surface area contributed by atoms with E-state index in [4.69, 9.17) is 9.47 Å². The van der Waals surface area contributed by atoms with E-state index in [9.17, 15) is 0 Å². The van der Waals surface area contributed by atoms with Gasteiger partial charge >= 0.3 is 0 Å². The molecule has 0 unspecified atom stereocenters. The van der Waals surface area contributed by atoms with Crippen LogP contribution in [0.3, 0.4) is 0 Å². The average molecular weight is 304 g/mol. The lowest BCUT2D eigenvalue weighted by molar-refractivity contribution is 0.353. The fourth-order valence-electron chi connectivity index (χ4n) is 2.06. The molecule has 4 nitrogen and oxygen atoms in total. The summed E-state index contributed by atoms with van der Waals surface area (Å²) in [6.45, 7) is 1.50. The maximum Gasteiger partial charge on any atom is 0.161 e. The summed E-state index contributed by atoms with van der Waals surface area (Å²) >= 11 is 1.70. The topological polar surface area (TPSA) is 43.4 Å². The lowest BCUT2D eigenvalue weighted by Crippen LogP contribution is -2.14. The van der Waals surface area contributed by atoms with E-state index in [-0.39, 0.29) is 0 Å². The van der Waals surface area contributed by atoms with Gasteiger partial charge in [-0.05, 0) is 36.1 Å². The van der Waals surface area contributed by atoms with E-state index in [1.54, 1.807) is 32.2 Å². The lowest BCUT2D eigenvalue weighted by Gasteiger charge is -2.14. The molecule has 5 heteroatoms. The average Bonchev–Trinajstić information content (AvgIpc) is 2.55. The first-order chi connectivity index (χ1) is 10.3. The van der Waals surface area contributed by atoms with Crippen LogP contribution in [0.5, 0.6) is 11.5 Å². The fraction of sp³-hybridized carbons (Fsp3) is 0.312. The quantitative estimate of drug-likeness (QED) is 0.796. The van der Waals surface area contributed by atoms with Gasteiger partial charge in [0.15, 0.2) is 11.5 Å². The zero-order valence-electron chi connectivity index (χ0n) is 12.6. The van der Waals surface area contributed by atoms with Crippen molar-refractivity contribution in [1.82, 2.24) is 10.3 Å². The van der Waals surface area contributed by atoms with Gasteiger partial charge in [-0.1, -0.05) is 6.07 Å². The molecule has 112 valence electrons. The van der Waals surface area contributed by atoms with Crippen molar-refractivity contribution < 1.29 is 9.47 Å². The van der Waals surface area contributed by atoms with Crippen molar-refractivity contribution in [2.75, 3.05) is 20.5 Å². The summed E-state index contributed by atoms with van der Waals surface area (Å²) in [5.74, 6) is 1.51. The van der Waals surface area contributed by atoms with E-state index in [1.165, 1.54) is 10.5 Å². The lowest BCUT2D eigenvalue weighted by atomic mass is 10.2. The molecule has 0 fully saturated rings. The summed E-state index contributed by atoms with van der Waals surface area (Å²) in [5, 5.41) is 3.41. The Labute approximate surface area is 129 Å². The summed E-state index contributed by atoms with van der Waals surface area (Å²) in [6, 6.07) is 9.96. The van der Waals surface area contributed by atoms with Crippen molar-refractivity contribution in [3.8, 4) is 11.5 Å². The van der Waals surface area contributed by atoms with Crippen LogP contribution in [0.4, 0.5) is 0 Å². The maximum absolute atomic E-state index is 5.37. The highest BCUT2D eigenvalue weighted by Crippen LogP contribution is 2.34. The number of benzene rings is 1. The van der Waals surface area contributed by atoms with Crippen LogP contribution < -0.4 is 14.8 Å². The molecule has 1 N–H and O–H groups in total. The van der Waals surface area contributed by atoms with Crippen molar-refractivity contribution in [3.05, 3.63) is 47.8 Å². The van der Waals surface area contributed by atoms with E-state index in [0.717, 1.165) is 30.3 Å². The molecule has 0 spiro atoms. The number of rotatable bonds is 7. The van der Waals surface area contributed by atoms with Gasteiger partial charge < -0.3 is 14.8 Å². The molecule has 0 bridgehead atoms. The maximum atomic E-state index is 5.37. The number of hydrogen-bond acceptors (Lipinski definition) is 5. The van der Waals surface area contributed by atoms with Gasteiger partial charge in [0.1, 0.15) is 0 Å². The van der Waals surface area contributed by atoms with Gasteiger partial charge in [0.05, 0.1) is 19.9 Å². The molecule has 0 aliphatic heterocycles. The number of ether oxygens (including phenoxy) is 2. The van der Waals surface area contributed by atoms with Crippen LogP contribution in [0.1, 0.15) is 11.3 Å². The van der Waals surface area contributed by atoms with Crippen molar-refractivity contribution >= 4 is 11.8 Å². The minimum absolute atomic E-state index is 0.739. The van der Waals surface area contributed by atoms with E-state index < -0.39 is 0 Å². The molecule has 0 amide bonds. The van der Waals surface area contributed by atoms with Crippen molar-refractivity contribution in [2.45, 2.75) is 18.0 Å². The standard InChI is InChI=1S/C16H20N2O2S/c1-19-14-8-12(16(21-3)9-15(14)20-2)10-17-11-13-6-4-5-7-18-13/h4-9,17H,10-11H2,1-3H3. The molecule has 1 aromatic carbocycles. The highest BCUT2D eigenvalue weighted by atomic mass is 32.2. The summed E-state index contributed by atoms with van der Waals surface area (Å²) < 4.78 is 10.7. The fourth-order valence-corrected chi connectivity index (χ4v) is 2.68. The number of aromatic nitrogens is 1. The van der Waals surface area contributed by atoms with E-state index >= 15 is 0 Å². The number of nitrogens with one attached hydrogen (secondary N) is 1. The Hall–Kier alpha value is -1.72. The molecule has 21 heavy (non-hydrogen) atoms. The van der Waals surface area contributed by atoms with Crippen LogP contribution in [-0.2, 0) is 13.1 Å². The first-order valence-electron chi connectivity index (χ1n) is 6.68. The van der Waals surface area contributed by atoms with Gasteiger partial charge in [-0.25, -0.2) is 0 Å². The molecular formula is C16H20N2O2S. The van der Waals surface area contributed by atoms with Gasteiger partial charge in [-0.15, -0.1) is 11.8 Å². The Balaban J connectivity index is 2.08. The molecule has 0 saturated heterocycles. The molecule has 1 heterocycles. The second-order valence-corrected chi connectivity index (χ2v) is 5.29. The summed E-state index contributed by atoms with van der Waals surface area (Å²) in [4.78, 5) is 5.48. The summed E-state index contributed by atoms with van der Waals surface area (Å²) in [5.41, 5.74) is 2.22. The summed E-state index contributed by atoms with van der Waals surface area (Å²) in [7, 11) is 3.31. The normalized spacial score (nSPS) is 10.4. The summed E-state index contributed by atoms with van der Waals surface area (Å²) in [6.07, 6.45) is 3.87. The highest BCUT2D eigenvalue weighted by Gasteiger charge is 2.10. The predicted molar refractivity (Wildman–Crippen MR) is 86.1 cm³/mol. The number of thioether (sulfide) groups is 1. The molecule has 0 aliphatic carbocycles. The number of nitrogens with zero attached hydrogens (tertiary/aromatic N) is 1. The molecule has 0 aliphatic rings. The molecular weight excluding hydrogens is 284 g/mol. The highest BCUT2D eigenvalue weighted by molar-refractivity contribution is 7.98. The Morgan fingerprint density at radius 2 is 1.86 bits per heavy atom. The predicted octanol–water partition coefficient (Wildman–Crippen LogP) is 3.11. The number of pyridine rings is 1. The van der Waals surface area contributed by atoms with Crippen LogP contribution in [0.25, 0.3) is 0 Å². The van der Waals surface area contributed by atoms with Crippen molar-refractivity contribution in [1.29, 1.82) is 0 Å². The second-order valence-electron chi connectivity index (χ2n) is 4.44. The van der Waals surface area contributed by atoms with Crippen LogP contribution >= 0.6 is 11.8 Å². The number of hydrogen-bond donors (Lipinski definition) is 1. The van der Waals surface area contributed by atoms with Crippen molar-refractivity contribution in [3.63, 3.8) is 0 Å². The monoisotopic (exact) mass is 304 g/mol. The van der Waals surface area contributed by atoms with Crippen LogP contribution in [0.2, 0.25) is 0 Å². The van der Waals surface area contributed by atoms with E-state index in [0.29, 0.717) is 0 Å². The van der Waals surface area contributed by atoms with Crippen LogP contribution in [0.15, 0.2) is 41.4 Å². The number of methoxy groups -OCH3 is 2. The van der Waals surface area contributed by atoms with Crippen LogP contribution in [-0.4, -0.2) is 25.5 Å². The van der Waals surface area contributed by atoms with Crippen molar-refractivity contribution in [2.24, 2.45) is 0 Å². The molecule has 1 aromatic heterocycles. The Morgan fingerprint density at radius 1 is 1.10 bits per heavy atom. The third-order valence-electron chi connectivity index (χ3n) is 3.13. The molecule has 0 atom stereocenters. The third kappa shape index (κ3) is 4.12. The minimum atomic E-state index is 0.739. The van der Waals surface area contributed by atoms with Gasteiger partial charge in [0, 0.05) is 24.2 Å². The van der Waals surface area contributed by atoms with Gasteiger partial charge in [-0.3, -0.25) is 4.98 Å². The van der Waals surface area contributed by atoms with Gasteiger partial charge in [0.25, 0.3) is 0 Å². The Bertz CT molecular complexity index is 576. The minimum Gasteiger partial charge on any atom is -0.493 e. The molecule has 0 saturated carbocycles. The molecule has 0 radical (unpaired) electrons. The van der Waals surface area contributed by atoms with Gasteiger partial charge in [-0.2, -0.15) is 0 Å². The largest absolute Gasteiger partial charge is 0.493 e. The van der Waals surface area contributed by atoms with Gasteiger partial charge in [0.2, 0.25) is 0 Å². The first-order valence-corrected chi connectivity index (χ1v) is 7.90. The zero-order valence-corrected chi connectivity index (χ0v) is 13.4. The Kier molecular flexibility index (Phi) is 5.90. The van der Waals surface area contributed by atoms with Crippen LogP contribution in [0, 0.1) is 0 Å². The SMILES string of the molecule is COc1cc(CNCc2ccccn2)c(SC)cc1OC. The molecule has 2 rings (SSSR count). The molecule has 2 aromatic rings. The van der Waals surface area contributed by atoms with E-state index in [1.807, 2.05) is 30.3 Å². The first kappa shape index (κ1) is 15.7. The third-order valence-corrected chi connectivity index (χ3v) is 3.95. The zero-order chi connectivity index (χ0) is 15.1. The van der Waals surface area contributed by atoms with E-state index in [2.05, 4.69) is 16.6 Å².